The van der Waals surface area contributed by atoms with Gasteiger partial charge in [0.25, 0.3) is 0 Å². The van der Waals surface area contributed by atoms with Crippen LogP contribution in [0.15, 0.2) is 30.3 Å². The average Bonchev–Trinajstić information content (AvgIpc) is 2.34. The van der Waals surface area contributed by atoms with Gasteiger partial charge >= 0.3 is 5.97 Å². The Labute approximate surface area is 116 Å². The molecule has 0 spiro atoms. The van der Waals surface area contributed by atoms with Gasteiger partial charge in [-0.1, -0.05) is 37.3 Å². The molecule has 0 unspecified atom stereocenters. The topological polar surface area (TPSA) is 38.3 Å². The van der Waals surface area contributed by atoms with E-state index in [0.717, 1.165) is 0 Å². The van der Waals surface area contributed by atoms with E-state index in [1.807, 2.05) is 45.9 Å². The van der Waals surface area contributed by atoms with Crippen molar-refractivity contribution in [3.8, 4) is 0 Å². The second kappa shape index (κ2) is 6.71. The van der Waals surface area contributed by atoms with E-state index in [0.29, 0.717) is 6.54 Å². The highest BCUT2D eigenvalue weighted by Gasteiger charge is 2.21. The Hall–Kier alpha value is -1.35. The number of hydrogen-bond donors (Lipinski definition) is 1. The Morgan fingerprint density at radius 1 is 1.21 bits per heavy atom. The molecule has 19 heavy (non-hydrogen) atoms. The molecule has 0 fully saturated rings. The lowest BCUT2D eigenvalue weighted by Gasteiger charge is -2.23. The van der Waals surface area contributed by atoms with Crippen molar-refractivity contribution in [1.29, 1.82) is 0 Å². The molecule has 0 aliphatic rings. The van der Waals surface area contributed by atoms with Gasteiger partial charge in [-0.25, -0.2) is 0 Å². The van der Waals surface area contributed by atoms with Gasteiger partial charge in [0, 0.05) is 12.6 Å². The van der Waals surface area contributed by atoms with E-state index in [9.17, 15) is 4.79 Å². The zero-order valence-electron chi connectivity index (χ0n) is 12.6. The van der Waals surface area contributed by atoms with Crippen LogP contribution in [0, 0.1) is 5.92 Å². The Morgan fingerprint density at radius 2 is 1.79 bits per heavy atom. The molecule has 106 valence electrons. The summed E-state index contributed by atoms with van der Waals surface area (Å²) in [4.78, 5) is 11.8. The Morgan fingerprint density at radius 3 is 2.32 bits per heavy atom. The van der Waals surface area contributed by atoms with Crippen LogP contribution in [0.2, 0.25) is 0 Å². The first-order chi connectivity index (χ1) is 8.79. The molecule has 0 aromatic heterocycles. The molecule has 0 bridgehead atoms. The summed E-state index contributed by atoms with van der Waals surface area (Å²) in [5.41, 5.74) is 0.801. The van der Waals surface area contributed by atoms with Crippen molar-refractivity contribution < 1.29 is 9.53 Å². The first-order valence-electron chi connectivity index (χ1n) is 6.81. The minimum Gasteiger partial charge on any atom is -0.460 e. The van der Waals surface area contributed by atoms with Gasteiger partial charge < -0.3 is 10.1 Å². The number of esters is 1. The molecular weight excluding hydrogens is 238 g/mol. The molecule has 0 saturated heterocycles. The normalized spacial score (nSPS) is 14.8. The highest BCUT2D eigenvalue weighted by atomic mass is 16.6. The summed E-state index contributed by atoms with van der Waals surface area (Å²) in [7, 11) is 0. The molecule has 3 nitrogen and oxygen atoms in total. The monoisotopic (exact) mass is 263 g/mol. The molecule has 0 amide bonds. The lowest BCUT2D eigenvalue weighted by Crippen LogP contribution is -2.33. The summed E-state index contributed by atoms with van der Waals surface area (Å²) in [6, 6.07) is 10.4. The maximum Gasteiger partial charge on any atom is 0.310 e. The molecule has 1 N–H and O–H groups in total. The maximum atomic E-state index is 11.8. The standard InChI is InChI=1S/C16H25NO2/c1-12(15(18)19-16(3,4)5)11-17-13(2)14-9-7-6-8-10-14/h6-10,12-13,17H,11H2,1-5H3/t12-,13+/m0/s1. The van der Waals surface area contributed by atoms with Gasteiger partial charge in [0.1, 0.15) is 5.60 Å². The fourth-order valence-corrected chi connectivity index (χ4v) is 1.70. The molecule has 0 aliphatic heterocycles. The van der Waals surface area contributed by atoms with E-state index >= 15 is 0 Å². The van der Waals surface area contributed by atoms with E-state index in [2.05, 4.69) is 24.4 Å². The van der Waals surface area contributed by atoms with Gasteiger partial charge in [0.05, 0.1) is 5.92 Å². The van der Waals surface area contributed by atoms with Gasteiger partial charge in [0.2, 0.25) is 0 Å². The lowest BCUT2D eigenvalue weighted by molar-refractivity contribution is -0.159. The first kappa shape index (κ1) is 15.7. The van der Waals surface area contributed by atoms with Crippen LogP contribution >= 0.6 is 0 Å². The highest BCUT2D eigenvalue weighted by Crippen LogP contribution is 2.14. The lowest BCUT2D eigenvalue weighted by atomic mass is 10.1. The van der Waals surface area contributed by atoms with Gasteiger partial charge in [-0.3, -0.25) is 4.79 Å². The summed E-state index contributed by atoms with van der Waals surface area (Å²) >= 11 is 0. The summed E-state index contributed by atoms with van der Waals surface area (Å²) in [5, 5.41) is 3.36. The Balaban J connectivity index is 2.42. The van der Waals surface area contributed by atoms with Crippen LogP contribution < -0.4 is 5.32 Å². The number of rotatable bonds is 5. The van der Waals surface area contributed by atoms with Gasteiger partial charge in [-0.2, -0.15) is 0 Å². The maximum absolute atomic E-state index is 11.8. The molecule has 1 aromatic carbocycles. The van der Waals surface area contributed by atoms with Gasteiger partial charge in [-0.05, 0) is 33.3 Å². The predicted molar refractivity (Wildman–Crippen MR) is 77.9 cm³/mol. The van der Waals surface area contributed by atoms with Crippen molar-refractivity contribution in [3.63, 3.8) is 0 Å². The number of ether oxygens (including phenoxy) is 1. The number of carbonyl (C=O) groups excluding carboxylic acids is 1. The van der Waals surface area contributed by atoms with Crippen LogP contribution in [-0.2, 0) is 9.53 Å². The van der Waals surface area contributed by atoms with Gasteiger partial charge in [-0.15, -0.1) is 0 Å². The van der Waals surface area contributed by atoms with Crippen LogP contribution in [0.5, 0.6) is 0 Å². The summed E-state index contributed by atoms with van der Waals surface area (Å²) < 4.78 is 5.36. The van der Waals surface area contributed by atoms with Crippen molar-refractivity contribution in [2.45, 2.75) is 46.3 Å². The average molecular weight is 263 g/mol. The van der Waals surface area contributed by atoms with Crippen LogP contribution in [0.1, 0.15) is 46.2 Å². The molecule has 2 atom stereocenters. The Kier molecular flexibility index (Phi) is 5.55. The number of hydrogen-bond acceptors (Lipinski definition) is 3. The zero-order valence-corrected chi connectivity index (χ0v) is 12.6. The van der Waals surface area contributed by atoms with E-state index in [1.165, 1.54) is 5.56 Å². The fraction of sp³-hybridized carbons (Fsp3) is 0.562. The molecule has 0 aliphatic carbocycles. The Bertz CT molecular complexity index is 395. The van der Waals surface area contributed by atoms with E-state index in [1.54, 1.807) is 0 Å². The summed E-state index contributed by atoms with van der Waals surface area (Å²) in [6.07, 6.45) is 0. The third-order valence-corrected chi connectivity index (χ3v) is 2.84. The summed E-state index contributed by atoms with van der Waals surface area (Å²) in [5.74, 6) is -0.300. The molecule has 0 radical (unpaired) electrons. The smallest absolute Gasteiger partial charge is 0.310 e. The first-order valence-corrected chi connectivity index (χ1v) is 6.81. The minimum atomic E-state index is -0.420. The summed E-state index contributed by atoms with van der Waals surface area (Å²) in [6.45, 7) is 10.3. The second-order valence-corrected chi connectivity index (χ2v) is 5.98. The third kappa shape index (κ3) is 5.88. The van der Waals surface area contributed by atoms with Gasteiger partial charge in [0.15, 0.2) is 0 Å². The van der Waals surface area contributed by atoms with Crippen molar-refractivity contribution in [1.82, 2.24) is 5.32 Å². The second-order valence-electron chi connectivity index (χ2n) is 5.98. The molecule has 0 heterocycles. The molecule has 1 rings (SSSR count). The predicted octanol–water partition coefficient (Wildman–Crippen LogP) is 3.32. The van der Waals surface area contributed by atoms with Crippen LogP contribution in [-0.4, -0.2) is 18.1 Å². The van der Waals surface area contributed by atoms with Crippen LogP contribution in [0.3, 0.4) is 0 Å². The number of benzene rings is 1. The van der Waals surface area contributed by atoms with Crippen molar-refractivity contribution in [3.05, 3.63) is 35.9 Å². The molecule has 1 aromatic rings. The van der Waals surface area contributed by atoms with Crippen molar-refractivity contribution in [2.24, 2.45) is 5.92 Å². The van der Waals surface area contributed by atoms with Crippen LogP contribution in [0.4, 0.5) is 0 Å². The molecular formula is C16H25NO2. The largest absolute Gasteiger partial charge is 0.460 e. The third-order valence-electron chi connectivity index (χ3n) is 2.84. The van der Waals surface area contributed by atoms with Crippen molar-refractivity contribution in [2.75, 3.05) is 6.54 Å². The fourth-order valence-electron chi connectivity index (χ4n) is 1.70. The quantitative estimate of drug-likeness (QED) is 0.828. The number of nitrogens with one attached hydrogen (secondary N) is 1. The highest BCUT2D eigenvalue weighted by molar-refractivity contribution is 5.72. The molecule has 3 heteroatoms. The van der Waals surface area contributed by atoms with E-state index < -0.39 is 5.60 Å². The SMILES string of the molecule is C[C@@H](CN[C@H](C)c1ccccc1)C(=O)OC(C)(C)C. The molecule has 0 saturated carbocycles. The van der Waals surface area contributed by atoms with E-state index in [4.69, 9.17) is 4.74 Å². The van der Waals surface area contributed by atoms with Crippen LogP contribution in [0.25, 0.3) is 0 Å². The minimum absolute atomic E-state index is 0.148. The number of carbonyl (C=O) groups is 1. The van der Waals surface area contributed by atoms with Crippen molar-refractivity contribution >= 4 is 5.97 Å². The van der Waals surface area contributed by atoms with E-state index in [-0.39, 0.29) is 17.9 Å². The zero-order chi connectivity index (χ0) is 14.5.